The van der Waals surface area contributed by atoms with Crippen molar-refractivity contribution in [3.8, 4) is 0 Å². The van der Waals surface area contributed by atoms with Crippen LogP contribution in [0.2, 0.25) is 0 Å². The largest absolute Gasteiger partial charge is 0.372 e. The van der Waals surface area contributed by atoms with Crippen molar-refractivity contribution in [1.29, 1.82) is 0 Å². The van der Waals surface area contributed by atoms with E-state index in [2.05, 4.69) is 46.5 Å². The van der Waals surface area contributed by atoms with Gasteiger partial charge in [-0.05, 0) is 25.3 Å². The molecular formula is C19H25N3O. The highest BCUT2D eigenvalue weighted by molar-refractivity contribution is 5.13. The lowest BCUT2D eigenvalue weighted by molar-refractivity contribution is -0.00809. The third-order valence-corrected chi connectivity index (χ3v) is 4.50. The van der Waals surface area contributed by atoms with Gasteiger partial charge in [-0.1, -0.05) is 43.2 Å². The van der Waals surface area contributed by atoms with Crippen LogP contribution in [0.4, 0.5) is 0 Å². The van der Waals surface area contributed by atoms with E-state index in [1.54, 1.807) is 12.4 Å². The van der Waals surface area contributed by atoms with E-state index in [1.807, 2.05) is 12.3 Å². The molecule has 0 aliphatic heterocycles. The topological polar surface area (TPSA) is 47.0 Å². The van der Waals surface area contributed by atoms with E-state index in [1.165, 1.54) is 18.4 Å². The van der Waals surface area contributed by atoms with Crippen molar-refractivity contribution in [1.82, 2.24) is 15.3 Å². The summed E-state index contributed by atoms with van der Waals surface area (Å²) >= 11 is 0. The molecule has 4 heteroatoms. The quantitative estimate of drug-likeness (QED) is 0.884. The highest BCUT2D eigenvalue weighted by Crippen LogP contribution is 2.24. The van der Waals surface area contributed by atoms with Crippen LogP contribution in [-0.4, -0.2) is 22.1 Å². The van der Waals surface area contributed by atoms with Gasteiger partial charge in [0.15, 0.2) is 0 Å². The molecule has 0 unspecified atom stereocenters. The fourth-order valence-electron chi connectivity index (χ4n) is 3.21. The molecule has 0 spiro atoms. The van der Waals surface area contributed by atoms with Gasteiger partial charge < -0.3 is 10.1 Å². The van der Waals surface area contributed by atoms with Gasteiger partial charge in [0.1, 0.15) is 0 Å². The standard InChI is InChI=1S/C19H25N3O/c1-15(18-13-20-11-12-21-18)22-17-9-5-6-10-19(17)23-14-16-7-3-2-4-8-16/h2-4,7-8,11-13,15,17,19,22H,5-6,9-10,14H2,1H3/t15-,17-,19-/m0/s1. The van der Waals surface area contributed by atoms with E-state index in [4.69, 9.17) is 4.74 Å². The second-order valence-corrected chi connectivity index (χ2v) is 6.24. The Kier molecular flexibility index (Phi) is 5.72. The van der Waals surface area contributed by atoms with Gasteiger partial charge in [0.05, 0.1) is 18.4 Å². The zero-order chi connectivity index (χ0) is 15.9. The zero-order valence-corrected chi connectivity index (χ0v) is 13.7. The summed E-state index contributed by atoms with van der Waals surface area (Å²) in [7, 11) is 0. The van der Waals surface area contributed by atoms with Crippen LogP contribution >= 0.6 is 0 Å². The van der Waals surface area contributed by atoms with Crippen LogP contribution in [-0.2, 0) is 11.3 Å². The van der Waals surface area contributed by atoms with Crippen LogP contribution in [0.15, 0.2) is 48.9 Å². The molecule has 1 N–H and O–H groups in total. The number of rotatable bonds is 6. The molecule has 1 aromatic carbocycles. The number of ether oxygens (including phenoxy) is 1. The molecule has 1 saturated carbocycles. The van der Waals surface area contributed by atoms with Crippen molar-refractivity contribution in [2.45, 2.75) is 57.4 Å². The Bertz CT molecular complexity index is 576. The normalized spacial score (nSPS) is 22.7. The first-order chi connectivity index (χ1) is 11.3. The maximum absolute atomic E-state index is 6.22. The smallest absolute Gasteiger partial charge is 0.0753 e. The molecule has 1 aliphatic rings. The van der Waals surface area contributed by atoms with Gasteiger partial charge in [-0.15, -0.1) is 0 Å². The SMILES string of the molecule is C[C@H](N[C@H]1CCCC[C@@H]1OCc1ccccc1)c1cnccn1. The number of hydrogen-bond donors (Lipinski definition) is 1. The van der Waals surface area contributed by atoms with Gasteiger partial charge in [0, 0.05) is 30.7 Å². The molecule has 4 nitrogen and oxygen atoms in total. The van der Waals surface area contributed by atoms with Gasteiger partial charge in [-0.25, -0.2) is 0 Å². The van der Waals surface area contributed by atoms with E-state index in [9.17, 15) is 0 Å². The average Bonchev–Trinajstić information content (AvgIpc) is 2.62. The lowest BCUT2D eigenvalue weighted by atomic mass is 9.91. The summed E-state index contributed by atoms with van der Waals surface area (Å²) < 4.78 is 6.22. The third kappa shape index (κ3) is 4.60. The van der Waals surface area contributed by atoms with Crippen LogP contribution in [0.3, 0.4) is 0 Å². The van der Waals surface area contributed by atoms with Gasteiger partial charge in [0.25, 0.3) is 0 Å². The van der Waals surface area contributed by atoms with Crippen molar-refractivity contribution >= 4 is 0 Å². The van der Waals surface area contributed by atoms with Crippen molar-refractivity contribution in [3.05, 3.63) is 60.2 Å². The number of nitrogens with one attached hydrogen (secondary N) is 1. The molecule has 122 valence electrons. The molecule has 1 aromatic heterocycles. The first-order valence-electron chi connectivity index (χ1n) is 8.50. The van der Waals surface area contributed by atoms with E-state index in [0.717, 1.165) is 18.5 Å². The third-order valence-electron chi connectivity index (χ3n) is 4.50. The molecule has 2 aromatic rings. The molecule has 3 rings (SSSR count). The summed E-state index contributed by atoms with van der Waals surface area (Å²) in [5, 5.41) is 3.69. The molecule has 1 heterocycles. The van der Waals surface area contributed by atoms with Gasteiger partial charge in [-0.2, -0.15) is 0 Å². The summed E-state index contributed by atoms with van der Waals surface area (Å²) in [6, 6.07) is 11.0. The van der Waals surface area contributed by atoms with Crippen molar-refractivity contribution in [3.63, 3.8) is 0 Å². The minimum atomic E-state index is 0.189. The highest BCUT2D eigenvalue weighted by Gasteiger charge is 2.27. The monoisotopic (exact) mass is 311 g/mol. The van der Waals surface area contributed by atoms with Crippen LogP contribution in [0.25, 0.3) is 0 Å². The summed E-state index contributed by atoms with van der Waals surface area (Å²) in [5.74, 6) is 0. The Morgan fingerprint density at radius 1 is 1.17 bits per heavy atom. The van der Waals surface area contributed by atoms with E-state index < -0.39 is 0 Å². The first kappa shape index (κ1) is 16.1. The van der Waals surface area contributed by atoms with Crippen molar-refractivity contribution in [2.75, 3.05) is 0 Å². The van der Waals surface area contributed by atoms with E-state index in [-0.39, 0.29) is 12.1 Å². The van der Waals surface area contributed by atoms with Crippen LogP contribution in [0.1, 0.15) is 49.9 Å². The zero-order valence-electron chi connectivity index (χ0n) is 13.7. The van der Waals surface area contributed by atoms with Crippen molar-refractivity contribution < 1.29 is 4.74 Å². The Morgan fingerprint density at radius 3 is 2.78 bits per heavy atom. The Balaban J connectivity index is 1.58. The number of benzene rings is 1. The van der Waals surface area contributed by atoms with Crippen LogP contribution in [0.5, 0.6) is 0 Å². The summed E-state index contributed by atoms with van der Waals surface area (Å²) in [4.78, 5) is 8.56. The fraction of sp³-hybridized carbons (Fsp3) is 0.474. The average molecular weight is 311 g/mol. The van der Waals surface area contributed by atoms with Gasteiger partial charge in [0.2, 0.25) is 0 Å². The number of hydrogen-bond acceptors (Lipinski definition) is 4. The molecule has 0 saturated heterocycles. The fourth-order valence-corrected chi connectivity index (χ4v) is 3.21. The lowest BCUT2D eigenvalue weighted by Gasteiger charge is -2.34. The van der Waals surface area contributed by atoms with E-state index >= 15 is 0 Å². The van der Waals surface area contributed by atoms with Gasteiger partial charge >= 0.3 is 0 Å². The summed E-state index contributed by atoms with van der Waals surface area (Å²) in [6.07, 6.45) is 10.3. The lowest BCUT2D eigenvalue weighted by Crippen LogP contribution is -2.44. The second-order valence-electron chi connectivity index (χ2n) is 6.24. The molecule has 0 bridgehead atoms. The maximum atomic E-state index is 6.22. The van der Waals surface area contributed by atoms with Gasteiger partial charge in [-0.3, -0.25) is 9.97 Å². The summed E-state index contributed by atoms with van der Waals surface area (Å²) in [6.45, 7) is 2.83. The molecule has 3 atom stereocenters. The predicted octanol–water partition coefficient (Wildman–Crippen LogP) is 3.66. The van der Waals surface area contributed by atoms with Crippen molar-refractivity contribution in [2.24, 2.45) is 0 Å². The van der Waals surface area contributed by atoms with Crippen LogP contribution in [0, 0.1) is 0 Å². The molecular weight excluding hydrogens is 286 g/mol. The molecule has 0 radical (unpaired) electrons. The number of aromatic nitrogens is 2. The second kappa shape index (κ2) is 8.18. The predicted molar refractivity (Wildman–Crippen MR) is 90.9 cm³/mol. The Labute approximate surface area is 138 Å². The first-order valence-corrected chi connectivity index (χ1v) is 8.50. The molecule has 23 heavy (non-hydrogen) atoms. The van der Waals surface area contributed by atoms with Crippen LogP contribution < -0.4 is 5.32 Å². The molecule has 1 fully saturated rings. The number of nitrogens with zero attached hydrogens (tertiary/aromatic N) is 2. The minimum Gasteiger partial charge on any atom is -0.372 e. The minimum absolute atomic E-state index is 0.189. The Hall–Kier alpha value is -1.78. The molecule has 0 amide bonds. The summed E-state index contributed by atoms with van der Waals surface area (Å²) in [5.41, 5.74) is 2.22. The molecule has 1 aliphatic carbocycles. The highest BCUT2D eigenvalue weighted by atomic mass is 16.5. The van der Waals surface area contributed by atoms with E-state index in [0.29, 0.717) is 12.6 Å². The maximum Gasteiger partial charge on any atom is 0.0753 e. The Morgan fingerprint density at radius 2 is 2.00 bits per heavy atom.